The lowest BCUT2D eigenvalue weighted by molar-refractivity contribution is -0.0741. The van der Waals surface area contributed by atoms with Crippen molar-refractivity contribution < 1.29 is 9.84 Å². The largest absolute Gasteiger partial charge is 0.388 e. The smallest absolute Gasteiger partial charge is 0.0817 e. The van der Waals surface area contributed by atoms with Crippen molar-refractivity contribution in [1.82, 2.24) is 4.90 Å². The van der Waals surface area contributed by atoms with Crippen molar-refractivity contribution in [3.63, 3.8) is 0 Å². The van der Waals surface area contributed by atoms with E-state index < -0.39 is 5.60 Å². The van der Waals surface area contributed by atoms with E-state index in [0.717, 1.165) is 19.4 Å². The van der Waals surface area contributed by atoms with Gasteiger partial charge < -0.3 is 14.7 Å². The highest BCUT2D eigenvalue weighted by Crippen LogP contribution is 2.20. The summed E-state index contributed by atoms with van der Waals surface area (Å²) in [5.74, 6) is 0. The van der Waals surface area contributed by atoms with E-state index in [1.54, 1.807) is 0 Å². The molecule has 11 heavy (non-hydrogen) atoms. The fourth-order valence-electron chi connectivity index (χ4n) is 1.50. The second-order valence-corrected chi connectivity index (χ2v) is 3.57. The molecule has 0 atom stereocenters. The Kier molecular flexibility index (Phi) is 2.87. The molecule has 1 rings (SSSR count). The van der Waals surface area contributed by atoms with Crippen LogP contribution in [0.1, 0.15) is 12.8 Å². The number of aliphatic hydroxyl groups is 1. The summed E-state index contributed by atoms with van der Waals surface area (Å²) in [4.78, 5) is 2.02. The molecular formula is C8H17NO2. The summed E-state index contributed by atoms with van der Waals surface area (Å²) in [5, 5.41) is 9.92. The number of likely N-dealkylation sites (N-methyl/N-ethyl adjacent to an activating group) is 1. The summed E-state index contributed by atoms with van der Waals surface area (Å²) in [6.07, 6.45) is 1.54. The molecule has 0 aromatic carbocycles. The van der Waals surface area contributed by atoms with Gasteiger partial charge in [-0.2, -0.15) is 0 Å². The van der Waals surface area contributed by atoms with Crippen molar-refractivity contribution in [3.8, 4) is 0 Å². The first kappa shape index (κ1) is 8.97. The zero-order chi connectivity index (χ0) is 8.32. The standard InChI is InChI=1S/C8H17NO2/c1-9(2)7-8(10)3-5-11-6-4-8/h10H,3-7H2,1-2H3. The Labute approximate surface area is 68.0 Å². The molecule has 0 bridgehead atoms. The minimum absolute atomic E-state index is 0.498. The number of hydrogen-bond donors (Lipinski definition) is 1. The summed E-state index contributed by atoms with van der Waals surface area (Å²) < 4.78 is 5.17. The Morgan fingerprint density at radius 2 is 1.91 bits per heavy atom. The summed E-state index contributed by atoms with van der Waals surface area (Å²) in [6, 6.07) is 0. The highest BCUT2D eigenvalue weighted by atomic mass is 16.5. The SMILES string of the molecule is CN(C)CC1(O)CCOCC1. The molecule has 0 aromatic rings. The average molecular weight is 159 g/mol. The van der Waals surface area contributed by atoms with Crippen molar-refractivity contribution in [2.75, 3.05) is 33.9 Å². The zero-order valence-corrected chi connectivity index (χ0v) is 7.34. The van der Waals surface area contributed by atoms with Crippen LogP contribution >= 0.6 is 0 Å². The van der Waals surface area contributed by atoms with Crippen LogP contribution in [-0.2, 0) is 4.74 Å². The van der Waals surface area contributed by atoms with Crippen LogP contribution in [-0.4, -0.2) is 49.5 Å². The maximum Gasteiger partial charge on any atom is 0.0817 e. The van der Waals surface area contributed by atoms with Crippen molar-refractivity contribution in [2.45, 2.75) is 18.4 Å². The molecule has 0 aliphatic carbocycles. The maximum absolute atomic E-state index is 9.92. The molecule has 0 spiro atoms. The maximum atomic E-state index is 9.92. The quantitative estimate of drug-likeness (QED) is 0.620. The first-order valence-corrected chi connectivity index (χ1v) is 4.07. The van der Waals surface area contributed by atoms with Gasteiger partial charge in [-0.05, 0) is 14.1 Å². The molecule has 66 valence electrons. The molecule has 3 nitrogen and oxygen atoms in total. The van der Waals surface area contributed by atoms with E-state index in [1.807, 2.05) is 19.0 Å². The van der Waals surface area contributed by atoms with E-state index in [9.17, 15) is 5.11 Å². The Bertz CT molecular complexity index is 119. The predicted octanol–water partition coefficient (Wildman–Crippen LogP) is 0.0895. The molecule has 0 amide bonds. The second-order valence-electron chi connectivity index (χ2n) is 3.57. The Morgan fingerprint density at radius 3 is 2.36 bits per heavy atom. The first-order valence-electron chi connectivity index (χ1n) is 4.07. The molecule has 1 fully saturated rings. The number of rotatable bonds is 2. The van der Waals surface area contributed by atoms with Crippen molar-refractivity contribution in [1.29, 1.82) is 0 Å². The monoisotopic (exact) mass is 159 g/mol. The third-order valence-electron chi connectivity index (χ3n) is 2.03. The molecular weight excluding hydrogens is 142 g/mol. The van der Waals surface area contributed by atoms with Gasteiger partial charge in [0.2, 0.25) is 0 Å². The van der Waals surface area contributed by atoms with Gasteiger partial charge in [-0.1, -0.05) is 0 Å². The lowest BCUT2D eigenvalue weighted by atomic mass is 9.94. The average Bonchev–Trinajstić information content (AvgIpc) is 1.85. The highest BCUT2D eigenvalue weighted by Gasteiger charge is 2.29. The van der Waals surface area contributed by atoms with Gasteiger partial charge in [0, 0.05) is 32.6 Å². The first-order chi connectivity index (χ1) is 5.12. The molecule has 0 radical (unpaired) electrons. The van der Waals surface area contributed by atoms with Crippen molar-refractivity contribution in [3.05, 3.63) is 0 Å². The van der Waals surface area contributed by atoms with Crippen LogP contribution in [0.15, 0.2) is 0 Å². The molecule has 1 aliphatic heterocycles. The van der Waals surface area contributed by atoms with Gasteiger partial charge in [0.15, 0.2) is 0 Å². The van der Waals surface area contributed by atoms with Crippen LogP contribution in [0.4, 0.5) is 0 Å². The van der Waals surface area contributed by atoms with Gasteiger partial charge in [0.1, 0.15) is 0 Å². The van der Waals surface area contributed by atoms with Gasteiger partial charge in [-0.25, -0.2) is 0 Å². The number of hydrogen-bond acceptors (Lipinski definition) is 3. The van der Waals surface area contributed by atoms with Gasteiger partial charge in [0.25, 0.3) is 0 Å². The van der Waals surface area contributed by atoms with Crippen LogP contribution in [0, 0.1) is 0 Å². The molecule has 0 saturated carbocycles. The van der Waals surface area contributed by atoms with Crippen LogP contribution in [0.5, 0.6) is 0 Å². The molecule has 0 aromatic heterocycles. The summed E-state index contributed by atoms with van der Waals surface area (Å²) in [7, 11) is 3.96. The van der Waals surface area contributed by atoms with Crippen LogP contribution in [0.3, 0.4) is 0 Å². The van der Waals surface area contributed by atoms with Crippen LogP contribution < -0.4 is 0 Å². The van der Waals surface area contributed by atoms with Gasteiger partial charge in [0.05, 0.1) is 5.60 Å². The molecule has 0 unspecified atom stereocenters. The Balaban J connectivity index is 2.37. The lowest BCUT2D eigenvalue weighted by Crippen LogP contribution is -2.44. The Hall–Kier alpha value is -0.120. The van der Waals surface area contributed by atoms with E-state index in [-0.39, 0.29) is 0 Å². The minimum Gasteiger partial charge on any atom is -0.388 e. The van der Waals surface area contributed by atoms with E-state index in [4.69, 9.17) is 4.74 Å². The fourth-order valence-corrected chi connectivity index (χ4v) is 1.50. The fraction of sp³-hybridized carbons (Fsp3) is 1.00. The third kappa shape index (κ3) is 2.77. The summed E-state index contributed by atoms with van der Waals surface area (Å²) in [5.41, 5.74) is -0.498. The normalized spacial score (nSPS) is 24.0. The molecule has 3 heteroatoms. The summed E-state index contributed by atoms with van der Waals surface area (Å²) in [6.45, 7) is 2.14. The van der Waals surface area contributed by atoms with Gasteiger partial charge >= 0.3 is 0 Å². The minimum atomic E-state index is -0.498. The van der Waals surface area contributed by atoms with Crippen molar-refractivity contribution in [2.24, 2.45) is 0 Å². The Morgan fingerprint density at radius 1 is 1.36 bits per heavy atom. The van der Waals surface area contributed by atoms with Gasteiger partial charge in [-0.3, -0.25) is 0 Å². The molecule has 1 heterocycles. The highest BCUT2D eigenvalue weighted by molar-refractivity contribution is 4.82. The third-order valence-corrected chi connectivity index (χ3v) is 2.03. The van der Waals surface area contributed by atoms with E-state index in [2.05, 4.69) is 0 Å². The summed E-state index contributed by atoms with van der Waals surface area (Å²) >= 11 is 0. The van der Waals surface area contributed by atoms with Crippen LogP contribution in [0.2, 0.25) is 0 Å². The molecule has 1 aliphatic rings. The lowest BCUT2D eigenvalue weighted by Gasteiger charge is -2.34. The predicted molar refractivity (Wildman–Crippen MR) is 43.6 cm³/mol. The number of ether oxygens (including phenoxy) is 1. The second kappa shape index (κ2) is 3.52. The molecule has 1 saturated heterocycles. The van der Waals surface area contributed by atoms with E-state index >= 15 is 0 Å². The van der Waals surface area contributed by atoms with Crippen molar-refractivity contribution >= 4 is 0 Å². The topological polar surface area (TPSA) is 32.7 Å². The molecule has 1 N–H and O–H groups in total. The zero-order valence-electron chi connectivity index (χ0n) is 7.34. The van der Waals surface area contributed by atoms with E-state index in [0.29, 0.717) is 13.2 Å². The number of nitrogens with zero attached hydrogens (tertiary/aromatic N) is 1. The van der Waals surface area contributed by atoms with Gasteiger partial charge in [-0.15, -0.1) is 0 Å². The van der Waals surface area contributed by atoms with Crippen LogP contribution in [0.25, 0.3) is 0 Å². The van der Waals surface area contributed by atoms with E-state index in [1.165, 1.54) is 0 Å².